The number of nitrogens with zero attached hydrogens (tertiary/aromatic N) is 1. The van der Waals surface area contributed by atoms with Gasteiger partial charge in [0.05, 0.1) is 23.0 Å². The van der Waals surface area contributed by atoms with E-state index >= 15 is 0 Å². The number of carbonyl (C=O) groups is 1. The van der Waals surface area contributed by atoms with Gasteiger partial charge in [-0.1, -0.05) is 0 Å². The smallest absolute Gasteiger partial charge is 0.335 e. The van der Waals surface area contributed by atoms with Crippen molar-refractivity contribution in [1.82, 2.24) is 9.97 Å². The van der Waals surface area contributed by atoms with Gasteiger partial charge in [-0.3, -0.25) is 15.2 Å². The fourth-order valence-corrected chi connectivity index (χ4v) is 1.53. The molecular weight excluding hydrogens is 280 g/mol. The van der Waals surface area contributed by atoms with E-state index in [9.17, 15) is 9.59 Å². The molecule has 20 heavy (non-hydrogen) atoms. The first-order valence-corrected chi connectivity index (χ1v) is 5.91. The first kappa shape index (κ1) is 13.7. The molecule has 2 rings (SSSR count). The number of rotatable bonds is 4. The monoisotopic (exact) mass is 290 g/mol. The third-order valence-electron chi connectivity index (χ3n) is 2.38. The van der Waals surface area contributed by atoms with Crippen LogP contribution in [0.15, 0.2) is 40.4 Å². The molecule has 0 aliphatic carbocycles. The highest BCUT2D eigenvalue weighted by Crippen LogP contribution is 2.09. The quantitative estimate of drug-likeness (QED) is 0.388. The average Bonchev–Trinajstić information content (AvgIpc) is 2.42. The van der Waals surface area contributed by atoms with Crippen molar-refractivity contribution in [3.8, 4) is 0 Å². The van der Waals surface area contributed by atoms with Crippen molar-refractivity contribution in [3.05, 3.63) is 56.7 Å². The zero-order chi connectivity index (χ0) is 14.5. The molecule has 0 saturated heterocycles. The molecule has 0 aliphatic rings. The Labute approximate surface area is 118 Å². The second kappa shape index (κ2) is 5.93. The van der Waals surface area contributed by atoms with Crippen molar-refractivity contribution in [2.45, 2.75) is 0 Å². The van der Waals surface area contributed by atoms with E-state index in [-0.39, 0.29) is 15.9 Å². The fourth-order valence-electron chi connectivity index (χ4n) is 1.38. The number of benzene rings is 1. The topological polar surface area (TPSA) is 110 Å². The van der Waals surface area contributed by atoms with Gasteiger partial charge in [0, 0.05) is 6.20 Å². The molecule has 102 valence electrons. The molecule has 1 heterocycles. The van der Waals surface area contributed by atoms with E-state index in [1.54, 1.807) is 12.1 Å². The minimum Gasteiger partial charge on any atom is -0.478 e. The van der Waals surface area contributed by atoms with Crippen molar-refractivity contribution in [3.63, 3.8) is 0 Å². The maximum Gasteiger partial charge on any atom is 0.335 e. The summed E-state index contributed by atoms with van der Waals surface area (Å²) in [5.74, 6) is -0.994. The molecule has 8 heteroatoms. The maximum atomic E-state index is 11.5. The van der Waals surface area contributed by atoms with E-state index in [1.165, 1.54) is 24.5 Å². The van der Waals surface area contributed by atoms with Gasteiger partial charge >= 0.3 is 5.97 Å². The predicted octanol–water partition coefficient (Wildman–Crippen LogP) is 1.58. The van der Waals surface area contributed by atoms with E-state index in [0.29, 0.717) is 11.3 Å². The number of carboxylic acids is 1. The third-order valence-corrected chi connectivity index (χ3v) is 2.60. The van der Waals surface area contributed by atoms with Gasteiger partial charge in [0.25, 0.3) is 5.56 Å². The van der Waals surface area contributed by atoms with E-state index in [0.717, 1.165) is 0 Å². The van der Waals surface area contributed by atoms with Crippen LogP contribution in [-0.4, -0.2) is 27.3 Å². The lowest BCUT2D eigenvalue weighted by atomic mass is 10.2. The molecule has 1 aromatic carbocycles. The molecule has 0 bridgehead atoms. The Morgan fingerprint density at radius 3 is 2.65 bits per heavy atom. The van der Waals surface area contributed by atoms with Gasteiger partial charge < -0.3 is 10.1 Å². The molecule has 0 fully saturated rings. The summed E-state index contributed by atoms with van der Waals surface area (Å²) in [5.41, 5.74) is 3.44. The van der Waals surface area contributed by atoms with Crippen LogP contribution < -0.4 is 11.0 Å². The van der Waals surface area contributed by atoms with Crippen molar-refractivity contribution in [1.29, 1.82) is 0 Å². The lowest BCUT2D eigenvalue weighted by Gasteiger charge is -2.00. The van der Waals surface area contributed by atoms with Crippen LogP contribution in [0.25, 0.3) is 0 Å². The molecule has 7 nitrogen and oxygen atoms in total. The number of hydrogen-bond donors (Lipinski definition) is 4. The summed E-state index contributed by atoms with van der Waals surface area (Å²) in [6, 6.07) is 6.05. The molecule has 0 atom stereocenters. The van der Waals surface area contributed by atoms with Crippen molar-refractivity contribution in [2.75, 3.05) is 5.43 Å². The predicted molar refractivity (Wildman–Crippen MR) is 76.9 cm³/mol. The van der Waals surface area contributed by atoms with Gasteiger partial charge in [-0.05, 0) is 36.5 Å². The number of aromatic nitrogens is 2. The minimum atomic E-state index is -0.994. The normalized spacial score (nSPS) is 10.6. The van der Waals surface area contributed by atoms with Crippen molar-refractivity contribution >= 4 is 30.1 Å². The molecule has 2 aromatic rings. The molecular formula is C12H10N4O3S. The van der Waals surface area contributed by atoms with Crippen LogP contribution in [0.3, 0.4) is 0 Å². The highest BCUT2D eigenvalue weighted by Gasteiger charge is 2.00. The number of nitrogens with one attached hydrogen (secondary N) is 3. The van der Waals surface area contributed by atoms with Crippen LogP contribution in [0.1, 0.15) is 15.9 Å². The first-order valence-electron chi connectivity index (χ1n) is 5.51. The lowest BCUT2D eigenvalue weighted by Crippen LogP contribution is -2.13. The summed E-state index contributed by atoms with van der Waals surface area (Å²) in [6.07, 6.45) is 2.77. The number of carboxylic acid groups (broad SMARTS) is 1. The lowest BCUT2D eigenvalue weighted by molar-refractivity contribution is 0.0697. The Hall–Kier alpha value is -2.74. The van der Waals surface area contributed by atoms with Gasteiger partial charge in [0.15, 0.2) is 4.77 Å². The molecule has 1 aromatic heterocycles. The molecule has 0 unspecified atom stereocenters. The molecule has 0 saturated carbocycles. The average molecular weight is 290 g/mol. The van der Waals surface area contributed by atoms with Crippen LogP contribution in [0.5, 0.6) is 0 Å². The van der Waals surface area contributed by atoms with E-state index in [1.807, 2.05) is 0 Å². The van der Waals surface area contributed by atoms with Crippen LogP contribution >= 0.6 is 12.2 Å². The summed E-state index contributed by atoms with van der Waals surface area (Å²) in [4.78, 5) is 27.3. The Morgan fingerprint density at radius 1 is 1.35 bits per heavy atom. The number of anilines is 1. The highest BCUT2D eigenvalue weighted by atomic mass is 32.1. The van der Waals surface area contributed by atoms with Crippen LogP contribution in [0.4, 0.5) is 5.69 Å². The van der Waals surface area contributed by atoms with Gasteiger partial charge in [-0.2, -0.15) is 5.10 Å². The number of aromatic carboxylic acids is 1. The molecule has 0 aliphatic heterocycles. The zero-order valence-electron chi connectivity index (χ0n) is 10.1. The van der Waals surface area contributed by atoms with Crippen molar-refractivity contribution < 1.29 is 9.90 Å². The van der Waals surface area contributed by atoms with Crippen LogP contribution in [0, 0.1) is 4.77 Å². The maximum absolute atomic E-state index is 11.5. The van der Waals surface area contributed by atoms with E-state index in [2.05, 4.69) is 20.5 Å². The van der Waals surface area contributed by atoms with E-state index < -0.39 is 5.97 Å². The first-order chi connectivity index (χ1) is 9.56. The largest absolute Gasteiger partial charge is 0.478 e. The summed E-state index contributed by atoms with van der Waals surface area (Å²) in [7, 11) is 0. The Kier molecular flexibility index (Phi) is 4.06. The number of aromatic amines is 2. The van der Waals surface area contributed by atoms with E-state index in [4.69, 9.17) is 17.3 Å². The van der Waals surface area contributed by atoms with Gasteiger partial charge in [-0.15, -0.1) is 0 Å². The second-order valence-electron chi connectivity index (χ2n) is 3.78. The second-order valence-corrected chi connectivity index (χ2v) is 4.19. The summed E-state index contributed by atoms with van der Waals surface area (Å²) >= 11 is 4.76. The number of H-pyrrole nitrogens is 2. The van der Waals surface area contributed by atoms with Gasteiger partial charge in [-0.25, -0.2) is 4.79 Å². The Bertz CT molecular complexity index is 761. The third kappa shape index (κ3) is 3.39. The minimum absolute atomic E-state index is 0.187. The Balaban J connectivity index is 2.08. The standard InChI is InChI=1S/C12H10N4O3S/c17-10-8(5-13-12(20)15-10)6-14-16-9-3-1-7(2-4-9)11(18)19/h1-6,16H,(H,18,19)(H2,13,15,17,20)/b14-6-. The summed E-state index contributed by atoms with van der Waals surface area (Å²) < 4.78 is 0.240. The molecule has 0 radical (unpaired) electrons. The number of hydrogen-bond acceptors (Lipinski definition) is 5. The van der Waals surface area contributed by atoms with Gasteiger partial charge in [0.1, 0.15) is 0 Å². The highest BCUT2D eigenvalue weighted by molar-refractivity contribution is 7.71. The summed E-state index contributed by atoms with van der Waals surface area (Å²) in [6.45, 7) is 0. The fraction of sp³-hybridized carbons (Fsp3) is 0. The van der Waals surface area contributed by atoms with Crippen molar-refractivity contribution in [2.24, 2.45) is 5.10 Å². The molecule has 4 N–H and O–H groups in total. The SMILES string of the molecule is O=C(O)c1ccc(N/N=C\c2c[nH]c(=S)[nH]c2=O)cc1. The van der Waals surface area contributed by atoms with Gasteiger partial charge in [0.2, 0.25) is 0 Å². The van der Waals surface area contributed by atoms with Crippen LogP contribution in [-0.2, 0) is 0 Å². The molecule has 0 spiro atoms. The zero-order valence-corrected chi connectivity index (χ0v) is 10.9. The Morgan fingerprint density at radius 2 is 2.05 bits per heavy atom. The summed E-state index contributed by atoms with van der Waals surface area (Å²) in [5, 5.41) is 12.6. The number of hydrazone groups is 1. The van der Waals surface area contributed by atoms with Crippen LogP contribution in [0.2, 0.25) is 0 Å². The molecule has 0 amide bonds.